The molecule has 0 aliphatic heterocycles. The average Bonchev–Trinajstić information content (AvgIpc) is 3.24. The molecule has 0 unspecified atom stereocenters. The summed E-state index contributed by atoms with van der Waals surface area (Å²) >= 11 is 1.16. The Labute approximate surface area is 177 Å². The standard InChI is InChI=1S/C19H18N4O5S2/c24-17(12-21-18(25)13-28-15-4-2-1-3-5-15)22-14-6-8-16(9-7-14)30(26,27)23-19-20-10-11-29-19/h1-11H,12-13H2,(H,20,23)(H,21,25)(H,22,24). The van der Waals surface area contributed by atoms with Crippen molar-refractivity contribution in [1.29, 1.82) is 0 Å². The number of carbonyl (C=O) groups is 2. The van der Waals surface area contributed by atoms with Crippen LogP contribution in [-0.4, -0.2) is 38.4 Å². The van der Waals surface area contributed by atoms with Crippen molar-refractivity contribution in [2.45, 2.75) is 4.90 Å². The van der Waals surface area contributed by atoms with E-state index in [4.69, 9.17) is 4.74 Å². The number of thiazole rings is 1. The van der Waals surface area contributed by atoms with E-state index in [-0.39, 0.29) is 23.2 Å². The topological polar surface area (TPSA) is 126 Å². The Balaban J connectivity index is 1.45. The van der Waals surface area contributed by atoms with Crippen molar-refractivity contribution >= 4 is 44.0 Å². The van der Waals surface area contributed by atoms with E-state index in [9.17, 15) is 18.0 Å². The van der Waals surface area contributed by atoms with Gasteiger partial charge in [-0.2, -0.15) is 0 Å². The molecule has 3 rings (SSSR count). The summed E-state index contributed by atoms with van der Waals surface area (Å²) in [6.45, 7) is -0.460. The summed E-state index contributed by atoms with van der Waals surface area (Å²) in [5.41, 5.74) is 0.392. The third-order valence-corrected chi connectivity index (χ3v) is 5.83. The van der Waals surface area contributed by atoms with Crippen molar-refractivity contribution in [3.63, 3.8) is 0 Å². The van der Waals surface area contributed by atoms with E-state index in [0.29, 0.717) is 11.4 Å². The minimum absolute atomic E-state index is 0.0297. The van der Waals surface area contributed by atoms with Crippen molar-refractivity contribution < 1.29 is 22.7 Å². The number of nitrogens with one attached hydrogen (secondary N) is 3. The maximum atomic E-state index is 12.3. The molecule has 11 heteroatoms. The Morgan fingerprint density at radius 2 is 1.73 bits per heavy atom. The average molecular weight is 447 g/mol. The quantitative estimate of drug-likeness (QED) is 0.462. The van der Waals surface area contributed by atoms with Crippen LogP contribution in [0.15, 0.2) is 71.1 Å². The van der Waals surface area contributed by atoms with Gasteiger partial charge in [0.25, 0.3) is 15.9 Å². The van der Waals surface area contributed by atoms with Gasteiger partial charge >= 0.3 is 0 Å². The number of hydrogen-bond donors (Lipinski definition) is 3. The third kappa shape index (κ3) is 6.29. The number of carbonyl (C=O) groups excluding carboxylic acids is 2. The van der Waals surface area contributed by atoms with Gasteiger partial charge in [0.2, 0.25) is 5.91 Å². The van der Waals surface area contributed by atoms with E-state index in [0.717, 1.165) is 11.3 Å². The fraction of sp³-hybridized carbons (Fsp3) is 0.105. The molecule has 0 aliphatic carbocycles. The van der Waals surface area contributed by atoms with Crippen LogP contribution in [0.3, 0.4) is 0 Å². The SMILES string of the molecule is O=C(COc1ccccc1)NCC(=O)Nc1ccc(S(=O)(=O)Nc2nccs2)cc1. The van der Waals surface area contributed by atoms with Crippen LogP contribution >= 0.6 is 11.3 Å². The molecule has 156 valence electrons. The summed E-state index contributed by atoms with van der Waals surface area (Å²) in [5, 5.41) is 6.94. The second-order valence-corrected chi connectivity index (χ2v) is 8.47. The number of benzene rings is 2. The summed E-state index contributed by atoms with van der Waals surface area (Å²) in [5.74, 6) is -0.347. The lowest BCUT2D eigenvalue weighted by Gasteiger charge is -2.09. The molecule has 2 aromatic carbocycles. The molecule has 0 aliphatic rings. The predicted molar refractivity (Wildman–Crippen MR) is 113 cm³/mol. The van der Waals surface area contributed by atoms with E-state index in [1.54, 1.807) is 29.6 Å². The lowest BCUT2D eigenvalue weighted by molar-refractivity contribution is -0.125. The Hall–Kier alpha value is -3.44. The van der Waals surface area contributed by atoms with Gasteiger partial charge in [-0.3, -0.25) is 14.3 Å². The van der Waals surface area contributed by atoms with Crippen LogP contribution in [0.5, 0.6) is 5.75 Å². The van der Waals surface area contributed by atoms with Crippen LogP contribution in [0.4, 0.5) is 10.8 Å². The highest BCUT2D eigenvalue weighted by molar-refractivity contribution is 7.93. The maximum absolute atomic E-state index is 12.3. The van der Waals surface area contributed by atoms with Crippen molar-refractivity contribution in [2.75, 3.05) is 23.2 Å². The first kappa shape index (κ1) is 21.3. The van der Waals surface area contributed by atoms with Gasteiger partial charge in [-0.25, -0.2) is 13.4 Å². The van der Waals surface area contributed by atoms with Gasteiger partial charge < -0.3 is 15.4 Å². The molecule has 0 bridgehead atoms. The van der Waals surface area contributed by atoms with Gasteiger partial charge in [0.05, 0.1) is 11.4 Å². The maximum Gasteiger partial charge on any atom is 0.263 e. The highest BCUT2D eigenvalue weighted by Crippen LogP contribution is 2.19. The molecule has 0 spiro atoms. The zero-order chi connectivity index (χ0) is 21.4. The summed E-state index contributed by atoms with van der Waals surface area (Å²) in [6.07, 6.45) is 1.49. The normalized spacial score (nSPS) is 10.8. The molecule has 0 fully saturated rings. The third-order valence-electron chi connectivity index (χ3n) is 3.66. The van der Waals surface area contributed by atoms with Gasteiger partial charge in [-0.1, -0.05) is 18.2 Å². The second kappa shape index (κ2) is 9.85. The molecular weight excluding hydrogens is 428 g/mol. The van der Waals surface area contributed by atoms with Crippen LogP contribution in [0.1, 0.15) is 0 Å². The molecule has 0 saturated carbocycles. The number of rotatable bonds is 9. The lowest BCUT2D eigenvalue weighted by atomic mass is 10.3. The molecule has 3 aromatic rings. The smallest absolute Gasteiger partial charge is 0.263 e. The van der Waals surface area contributed by atoms with Gasteiger partial charge in [0.1, 0.15) is 5.75 Å². The summed E-state index contributed by atoms with van der Waals surface area (Å²) in [6, 6.07) is 14.5. The number of para-hydroxylation sites is 1. The Morgan fingerprint density at radius 3 is 2.40 bits per heavy atom. The molecule has 0 radical (unpaired) electrons. The monoisotopic (exact) mass is 446 g/mol. The molecule has 30 heavy (non-hydrogen) atoms. The van der Waals surface area contributed by atoms with E-state index >= 15 is 0 Å². The summed E-state index contributed by atoms with van der Waals surface area (Å²) in [7, 11) is -3.76. The van der Waals surface area contributed by atoms with E-state index in [1.165, 1.54) is 30.5 Å². The summed E-state index contributed by atoms with van der Waals surface area (Å²) in [4.78, 5) is 27.7. The van der Waals surface area contributed by atoms with Crippen LogP contribution in [-0.2, 0) is 19.6 Å². The fourth-order valence-corrected chi connectivity index (χ4v) is 4.05. The van der Waals surface area contributed by atoms with E-state index < -0.39 is 21.8 Å². The van der Waals surface area contributed by atoms with Gasteiger partial charge in [0, 0.05) is 17.3 Å². The molecule has 1 aromatic heterocycles. The van der Waals surface area contributed by atoms with Crippen molar-refractivity contribution in [2.24, 2.45) is 0 Å². The fourth-order valence-electron chi connectivity index (χ4n) is 2.27. The number of amides is 2. The van der Waals surface area contributed by atoms with Crippen molar-refractivity contribution in [1.82, 2.24) is 10.3 Å². The molecule has 0 atom stereocenters. The molecule has 9 nitrogen and oxygen atoms in total. The number of sulfonamides is 1. The minimum Gasteiger partial charge on any atom is -0.484 e. The zero-order valence-electron chi connectivity index (χ0n) is 15.6. The molecule has 3 N–H and O–H groups in total. The van der Waals surface area contributed by atoms with Crippen LogP contribution in [0, 0.1) is 0 Å². The van der Waals surface area contributed by atoms with Gasteiger partial charge in [-0.15, -0.1) is 11.3 Å². The number of ether oxygens (including phenoxy) is 1. The zero-order valence-corrected chi connectivity index (χ0v) is 17.2. The first-order chi connectivity index (χ1) is 14.4. The molecular formula is C19H18N4O5S2. The highest BCUT2D eigenvalue weighted by Gasteiger charge is 2.15. The number of nitrogens with zero attached hydrogens (tertiary/aromatic N) is 1. The van der Waals surface area contributed by atoms with Crippen molar-refractivity contribution in [3.8, 4) is 5.75 Å². The van der Waals surface area contributed by atoms with Crippen LogP contribution in [0.2, 0.25) is 0 Å². The Kier molecular flexibility index (Phi) is 6.99. The first-order valence-corrected chi connectivity index (χ1v) is 11.1. The largest absolute Gasteiger partial charge is 0.484 e. The molecule has 0 saturated heterocycles. The predicted octanol–water partition coefficient (Wildman–Crippen LogP) is 2.08. The number of anilines is 2. The minimum atomic E-state index is -3.76. The van der Waals surface area contributed by atoms with Gasteiger partial charge in [-0.05, 0) is 36.4 Å². The van der Waals surface area contributed by atoms with Crippen LogP contribution < -0.4 is 20.1 Å². The first-order valence-electron chi connectivity index (χ1n) is 8.69. The van der Waals surface area contributed by atoms with E-state index in [1.807, 2.05) is 6.07 Å². The van der Waals surface area contributed by atoms with Crippen LogP contribution in [0.25, 0.3) is 0 Å². The Bertz CT molecular complexity index is 1090. The number of aromatic nitrogens is 1. The van der Waals surface area contributed by atoms with Crippen molar-refractivity contribution in [3.05, 3.63) is 66.2 Å². The highest BCUT2D eigenvalue weighted by atomic mass is 32.2. The molecule has 2 amide bonds. The summed E-state index contributed by atoms with van der Waals surface area (Å²) < 4.78 is 32.2. The van der Waals surface area contributed by atoms with E-state index in [2.05, 4.69) is 20.3 Å². The Morgan fingerprint density at radius 1 is 1.00 bits per heavy atom. The second-order valence-electron chi connectivity index (χ2n) is 5.89. The molecule has 1 heterocycles. The number of hydrogen-bond acceptors (Lipinski definition) is 7. The van der Waals surface area contributed by atoms with Gasteiger partial charge in [0.15, 0.2) is 11.7 Å². The lowest BCUT2D eigenvalue weighted by Crippen LogP contribution is -2.35.